The standard InChI is InChI=1S/C30H39N3O3/c1-4-5-17-33-28(35)26(20-22(2)3)31-29(36)30(33)15-18-32(19-16-30)21-23-11-13-25(14-12-23)27(34)24-9-7-6-8-10-24/h6-14,22,26H,4-5,15-21H2,1-3H3,(H,31,36)/t26-/m0/s1. The maximum Gasteiger partial charge on any atom is 0.246 e. The lowest BCUT2D eigenvalue weighted by atomic mass is 9.80. The maximum absolute atomic E-state index is 13.4. The number of piperidine rings is 1. The summed E-state index contributed by atoms with van der Waals surface area (Å²) >= 11 is 0. The van der Waals surface area contributed by atoms with Crippen molar-refractivity contribution >= 4 is 17.6 Å². The first-order valence-electron chi connectivity index (χ1n) is 13.4. The Morgan fingerprint density at radius 1 is 1.00 bits per heavy atom. The molecule has 0 unspecified atom stereocenters. The maximum atomic E-state index is 13.4. The number of rotatable bonds is 9. The van der Waals surface area contributed by atoms with Gasteiger partial charge in [-0.05, 0) is 37.2 Å². The van der Waals surface area contributed by atoms with Gasteiger partial charge in [0.25, 0.3) is 0 Å². The molecule has 2 aromatic carbocycles. The summed E-state index contributed by atoms with van der Waals surface area (Å²) in [6.45, 7) is 9.20. The Hall–Kier alpha value is -2.99. The summed E-state index contributed by atoms with van der Waals surface area (Å²) in [5.41, 5.74) is 1.78. The van der Waals surface area contributed by atoms with E-state index in [0.29, 0.717) is 42.9 Å². The summed E-state index contributed by atoms with van der Waals surface area (Å²) in [4.78, 5) is 43.8. The lowest BCUT2D eigenvalue weighted by molar-refractivity contribution is -0.161. The molecule has 1 spiro atoms. The second-order valence-corrected chi connectivity index (χ2v) is 10.7. The summed E-state index contributed by atoms with van der Waals surface area (Å²) in [7, 11) is 0. The van der Waals surface area contributed by atoms with E-state index in [-0.39, 0.29) is 17.6 Å². The molecule has 2 aliphatic rings. The number of nitrogens with zero attached hydrogens (tertiary/aromatic N) is 2. The molecule has 192 valence electrons. The summed E-state index contributed by atoms with van der Waals surface area (Å²) in [5.74, 6) is 0.478. The van der Waals surface area contributed by atoms with Crippen molar-refractivity contribution in [3.63, 3.8) is 0 Å². The number of hydrogen-bond acceptors (Lipinski definition) is 4. The second-order valence-electron chi connectivity index (χ2n) is 10.7. The van der Waals surface area contributed by atoms with E-state index >= 15 is 0 Å². The van der Waals surface area contributed by atoms with E-state index in [9.17, 15) is 14.4 Å². The number of carbonyl (C=O) groups is 3. The fourth-order valence-electron chi connectivity index (χ4n) is 5.50. The first-order valence-corrected chi connectivity index (χ1v) is 13.4. The van der Waals surface area contributed by atoms with Crippen molar-refractivity contribution in [3.05, 3.63) is 71.3 Å². The molecule has 0 aliphatic carbocycles. The molecule has 2 fully saturated rings. The van der Waals surface area contributed by atoms with Crippen LogP contribution in [-0.4, -0.2) is 58.6 Å². The molecule has 2 heterocycles. The molecule has 2 aliphatic heterocycles. The van der Waals surface area contributed by atoms with Gasteiger partial charge in [0.05, 0.1) is 0 Å². The van der Waals surface area contributed by atoms with Crippen molar-refractivity contribution in [3.8, 4) is 0 Å². The Morgan fingerprint density at radius 2 is 1.64 bits per heavy atom. The minimum Gasteiger partial charge on any atom is -0.342 e. The number of unbranched alkanes of at least 4 members (excludes halogenated alkanes) is 1. The molecular formula is C30H39N3O3. The Kier molecular flexibility index (Phi) is 8.24. The molecule has 0 bridgehead atoms. The van der Waals surface area contributed by atoms with Gasteiger partial charge in [-0.3, -0.25) is 19.3 Å². The van der Waals surface area contributed by atoms with E-state index in [0.717, 1.165) is 38.0 Å². The fraction of sp³-hybridized carbons (Fsp3) is 0.500. The highest BCUT2D eigenvalue weighted by atomic mass is 16.2. The third-order valence-electron chi connectivity index (χ3n) is 7.59. The highest BCUT2D eigenvalue weighted by Gasteiger charge is 2.53. The molecule has 0 saturated carbocycles. The van der Waals surface area contributed by atoms with E-state index in [1.807, 2.05) is 59.5 Å². The number of amides is 2. The van der Waals surface area contributed by atoms with Crippen LogP contribution in [0.25, 0.3) is 0 Å². The predicted octanol–water partition coefficient (Wildman–Crippen LogP) is 4.43. The zero-order chi connectivity index (χ0) is 25.7. The molecule has 1 N–H and O–H groups in total. The number of likely N-dealkylation sites (tertiary alicyclic amines) is 1. The molecule has 6 nitrogen and oxygen atoms in total. The normalized spacial score (nSPS) is 20.1. The SMILES string of the molecule is CCCCN1C(=O)[C@H](CC(C)C)NC(=O)C12CCN(Cc1ccc(C(=O)c3ccccc3)cc1)CC2. The number of benzene rings is 2. The van der Waals surface area contributed by atoms with Gasteiger partial charge in [-0.25, -0.2) is 0 Å². The van der Waals surface area contributed by atoms with E-state index in [2.05, 4.69) is 31.0 Å². The highest BCUT2D eigenvalue weighted by molar-refractivity contribution is 6.08. The van der Waals surface area contributed by atoms with Crippen LogP contribution in [0.1, 0.15) is 74.4 Å². The van der Waals surface area contributed by atoms with Gasteiger partial charge < -0.3 is 10.2 Å². The zero-order valence-electron chi connectivity index (χ0n) is 21.8. The van der Waals surface area contributed by atoms with Crippen LogP contribution in [-0.2, 0) is 16.1 Å². The monoisotopic (exact) mass is 489 g/mol. The topological polar surface area (TPSA) is 69.7 Å². The van der Waals surface area contributed by atoms with Gasteiger partial charge in [-0.1, -0.05) is 81.8 Å². The van der Waals surface area contributed by atoms with Crippen LogP contribution in [0.3, 0.4) is 0 Å². The average Bonchev–Trinajstić information content (AvgIpc) is 2.89. The largest absolute Gasteiger partial charge is 0.342 e. The van der Waals surface area contributed by atoms with E-state index in [4.69, 9.17) is 0 Å². The number of hydrogen-bond donors (Lipinski definition) is 1. The van der Waals surface area contributed by atoms with Crippen LogP contribution < -0.4 is 5.32 Å². The zero-order valence-corrected chi connectivity index (χ0v) is 21.8. The molecule has 2 saturated heterocycles. The Morgan fingerprint density at radius 3 is 2.25 bits per heavy atom. The molecular weight excluding hydrogens is 450 g/mol. The van der Waals surface area contributed by atoms with Crippen molar-refractivity contribution in [1.29, 1.82) is 0 Å². The number of nitrogens with one attached hydrogen (secondary N) is 1. The molecule has 0 aromatic heterocycles. The minimum atomic E-state index is -0.734. The van der Waals surface area contributed by atoms with Crippen LogP contribution in [0.15, 0.2) is 54.6 Å². The predicted molar refractivity (Wildman–Crippen MR) is 142 cm³/mol. The van der Waals surface area contributed by atoms with Crippen LogP contribution in [0.2, 0.25) is 0 Å². The van der Waals surface area contributed by atoms with Gasteiger partial charge in [0.15, 0.2) is 5.78 Å². The van der Waals surface area contributed by atoms with Crippen LogP contribution in [0.5, 0.6) is 0 Å². The molecule has 2 aromatic rings. The molecule has 1 atom stereocenters. The lowest BCUT2D eigenvalue weighted by Crippen LogP contribution is -2.73. The van der Waals surface area contributed by atoms with Gasteiger partial charge >= 0.3 is 0 Å². The lowest BCUT2D eigenvalue weighted by Gasteiger charge is -2.52. The Balaban J connectivity index is 1.40. The Bertz CT molecular complexity index is 1060. The molecule has 6 heteroatoms. The van der Waals surface area contributed by atoms with Gasteiger partial charge in [0.2, 0.25) is 11.8 Å². The molecule has 2 amide bonds. The van der Waals surface area contributed by atoms with Gasteiger partial charge in [-0.2, -0.15) is 0 Å². The third-order valence-corrected chi connectivity index (χ3v) is 7.59. The van der Waals surface area contributed by atoms with E-state index in [1.165, 1.54) is 0 Å². The van der Waals surface area contributed by atoms with E-state index < -0.39 is 11.6 Å². The van der Waals surface area contributed by atoms with Crippen LogP contribution >= 0.6 is 0 Å². The highest BCUT2D eigenvalue weighted by Crippen LogP contribution is 2.34. The van der Waals surface area contributed by atoms with Gasteiger partial charge in [0.1, 0.15) is 11.6 Å². The first kappa shape index (κ1) is 26.1. The van der Waals surface area contributed by atoms with Crippen LogP contribution in [0, 0.1) is 5.92 Å². The number of carbonyl (C=O) groups excluding carboxylic acids is 3. The number of piperazine rings is 1. The van der Waals surface area contributed by atoms with Gasteiger partial charge in [-0.15, -0.1) is 0 Å². The smallest absolute Gasteiger partial charge is 0.246 e. The van der Waals surface area contributed by atoms with E-state index in [1.54, 1.807) is 0 Å². The summed E-state index contributed by atoms with van der Waals surface area (Å²) in [5, 5.41) is 3.08. The van der Waals surface area contributed by atoms with Crippen molar-refractivity contribution in [2.24, 2.45) is 5.92 Å². The summed E-state index contributed by atoms with van der Waals surface area (Å²) in [6.07, 6.45) is 3.87. The third kappa shape index (κ3) is 5.54. The fourth-order valence-corrected chi connectivity index (χ4v) is 5.50. The van der Waals surface area contributed by atoms with Crippen molar-refractivity contribution in [2.45, 2.75) is 71.0 Å². The average molecular weight is 490 g/mol. The molecule has 36 heavy (non-hydrogen) atoms. The quantitative estimate of drug-likeness (QED) is 0.529. The molecule has 4 rings (SSSR count). The minimum absolute atomic E-state index is 0.0206. The van der Waals surface area contributed by atoms with Crippen molar-refractivity contribution in [1.82, 2.24) is 15.1 Å². The molecule has 0 radical (unpaired) electrons. The first-order chi connectivity index (χ1) is 17.3. The van der Waals surface area contributed by atoms with Gasteiger partial charge in [0, 0.05) is 37.3 Å². The van der Waals surface area contributed by atoms with Crippen molar-refractivity contribution in [2.75, 3.05) is 19.6 Å². The Labute approximate surface area is 215 Å². The number of ketones is 1. The summed E-state index contributed by atoms with van der Waals surface area (Å²) < 4.78 is 0. The van der Waals surface area contributed by atoms with Crippen LogP contribution in [0.4, 0.5) is 0 Å². The van der Waals surface area contributed by atoms with Crippen molar-refractivity contribution < 1.29 is 14.4 Å². The second kappa shape index (κ2) is 11.4. The summed E-state index contributed by atoms with van der Waals surface area (Å²) in [6, 6.07) is 16.7.